The van der Waals surface area contributed by atoms with Gasteiger partial charge in [-0.05, 0) is 37.3 Å². The summed E-state index contributed by atoms with van der Waals surface area (Å²) in [4.78, 5) is 12.1. The minimum atomic E-state index is -4.54. The summed E-state index contributed by atoms with van der Waals surface area (Å²) < 4.78 is 49.6. The number of hydrogen-bond donors (Lipinski definition) is 1. The van der Waals surface area contributed by atoms with Gasteiger partial charge in [-0.25, -0.2) is 0 Å². The number of carbonyl (C=O) groups excluding carboxylic acids is 1. The standard InChI is InChI=1S/C19H15ClF3N3O3S/c1-2-28-15-6-4-3-5-12(15)17-25-26-18(29-17)30-10-16(27)24-14-9-11(19(21,22)23)7-8-13(14)20/h3-9H,2,10H2,1H3,(H,24,27). The Morgan fingerprint density at radius 1 is 1.23 bits per heavy atom. The van der Waals surface area contributed by atoms with Crippen LogP contribution in [0.3, 0.4) is 0 Å². The summed E-state index contributed by atoms with van der Waals surface area (Å²) in [7, 11) is 0. The molecule has 0 radical (unpaired) electrons. The van der Waals surface area contributed by atoms with Crippen LogP contribution in [0.4, 0.5) is 18.9 Å². The summed E-state index contributed by atoms with van der Waals surface area (Å²) in [6, 6.07) is 9.82. The third-order valence-electron chi connectivity index (χ3n) is 3.72. The van der Waals surface area contributed by atoms with Crippen molar-refractivity contribution in [3.8, 4) is 17.2 Å². The van der Waals surface area contributed by atoms with E-state index in [0.29, 0.717) is 17.9 Å². The number of ether oxygens (including phenoxy) is 1. The van der Waals surface area contributed by atoms with E-state index in [1.165, 1.54) is 0 Å². The summed E-state index contributed by atoms with van der Waals surface area (Å²) in [5, 5.41) is 10.3. The Morgan fingerprint density at radius 3 is 2.73 bits per heavy atom. The van der Waals surface area contributed by atoms with Crippen molar-refractivity contribution in [1.82, 2.24) is 10.2 Å². The molecular formula is C19H15ClF3N3O3S. The molecule has 0 aliphatic rings. The fourth-order valence-corrected chi connectivity index (χ4v) is 3.14. The van der Waals surface area contributed by atoms with E-state index >= 15 is 0 Å². The Labute approximate surface area is 178 Å². The zero-order valence-corrected chi connectivity index (χ0v) is 17.1. The van der Waals surface area contributed by atoms with Gasteiger partial charge in [0.25, 0.3) is 11.1 Å². The molecule has 1 N–H and O–H groups in total. The minimum Gasteiger partial charge on any atom is -0.493 e. The van der Waals surface area contributed by atoms with Crippen LogP contribution in [0, 0.1) is 0 Å². The molecule has 2 aromatic carbocycles. The molecule has 0 spiro atoms. The van der Waals surface area contributed by atoms with Crippen LogP contribution in [0.15, 0.2) is 52.1 Å². The van der Waals surface area contributed by atoms with Crippen molar-refractivity contribution in [1.29, 1.82) is 0 Å². The highest BCUT2D eigenvalue weighted by atomic mass is 35.5. The maximum absolute atomic E-state index is 12.8. The fourth-order valence-electron chi connectivity index (χ4n) is 2.41. The van der Waals surface area contributed by atoms with E-state index in [9.17, 15) is 18.0 Å². The maximum Gasteiger partial charge on any atom is 0.416 e. The minimum absolute atomic E-state index is 0.00559. The highest BCUT2D eigenvalue weighted by Gasteiger charge is 2.31. The molecule has 0 aliphatic carbocycles. The van der Waals surface area contributed by atoms with E-state index in [-0.39, 0.29) is 27.6 Å². The molecule has 0 atom stereocenters. The molecule has 0 unspecified atom stereocenters. The highest BCUT2D eigenvalue weighted by Crippen LogP contribution is 2.34. The monoisotopic (exact) mass is 457 g/mol. The molecule has 3 aromatic rings. The number of benzene rings is 2. The molecule has 0 saturated carbocycles. The van der Waals surface area contributed by atoms with Crippen LogP contribution >= 0.6 is 23.4 Å². The molecule has 30 heavy (non-hydrogen) atoms. The second-order valence-corrected chi connectivity index (χ2v) is 7.17. The Kier molecular flexibility index (Phi) is 6.88. The molecule has 0 aliphatic heterocycles. The first kappa shape index (κ1) is 22.0. The van der Waals surface area contributed by atoms with Crippen LogP contribution in [0.25, 0.3) is 11.5 Å². The van der Waals surface area contributed by atoms with E-state index < -0.39 is 17.6 Å². The van der Waals surface area contributed by atoms with Gasteiger partial charge in [-0.1, -0.05) is 35.5 Å². The number of hydrogen-bond acceptors (Lipinski definition) is 6. The van der Waals surface area contributed by atoms with Gasteiger partial charge in [0.2, 0.25) is 5.91 Å². The van der Waals surface area contributed by atoms with Gasteiger partial charge in [0.05, 0.1) is 34.2 Å². The van der Waals surface area contributed by atoms with Crippen LogP contribution in [-0.4, -0.2) is 28.5 Å². The summed E-state index contributed by atoms with van der Waals surface area (Å²) in [5.41, 5.74) is -0.433. The first-order chi connectivity index (χ1) is 14.3. The summed E-state index contributed by atoms with van der Waals surface area (Å²) in [6.45, 7) is 2.31. The van der Waals surface area contributed by atoms with Crippen molar-refractivity contribution in [2.24, 2.45) is 0 Å². The Morgan fingerprint density at radius 2 is 2.00 bits per heavy atom. The van der Waals surface area contributed by atoms with Crippen molar-refractivity contribution in [3.63, 3.8) is 0 Å². The number of halogens is 4. The largest absolute Gasteiger partial charge is 0.493 e. The van der Waals surface area contributed by atoms with E-state index in [0.717, 1.165) is 30.0 Å². The van der Waals surface area contributed by atoms with Gasteiger partial charge < -0.3 is 14.5 Å². The van der Waals surface area contributed by atoms with Crippen LogP contribution in [0.5, 0.6) is 5.75 Å². The van der Waals surface area contributed by atoms with Gasteiger partial charge in [0.1, 0.15) is 5.75 Å². The molecule has 3 rings (SSSR count). The van der Waals surface area contributed by atoms with E-state index in [1.807, 2.05) is 13.0 Å². The zero-order chi connectivity index (χ0) is 21.7. The Bertz CT molecular complexity index is 1040. The molecule has 1 heterocycles. The van der Waals surface area contributed by atoms with Crippen molar-refractivity contribution < 1.29 is 27.1 Å². The predicted octanol–water partition coefficient (Wildman–Crippen LogP) is 5.54. The number of nitrogens with one attached hydrogen (secondary N) is 1. The summed E-state index contributed by atoms with van der Waals surface area (Å²) in [6.07, 6.45) is -4.54. The van der Waals surface area contributed by atoms with E-state index in [2.05, 4.69) is 15.5 Å². The number of para-hydroxylation sites is 1. The third-order valence-corrected chi connectivity index (χ3v) is 4.87. The quantitative estimate of drug-likeness (QED) is 0.469. The van der Waals surface area contributed by atoms with Crippen molar-refractivity contribution >= 4 is 35.0 Å². The first-order valence-electron chi connectivity index (χ1n) is 8.63. The molecule has 1 amide bonds. The van der Waals surface area contributed by atoms with Crippen LogP contribution in [0.2, 0.25) is 5.02 Å². The average molecular weight is 458 g/mol. The number of alkyl halides is 3. The fraction of sp³-hybridized carbons (Fsp3) is 0.211. The third kappa shape index (κ3) is 5.45. The molecular weight excluding hydrogens is 443 g/mol. The lowest BCUT2D eigenvalue weighted by Crippen LogP contribution is -2.15. The van der Waals surface area contributed by atoms with Gasteiger partial charge in [0, 0.05) is 0 Å². The lowest BCUT2D eigenvalue weighted by molar-refractivity contribution is -0.137. The average Bonchev–Trinajstić information content (AvgIpc) is 3.17. The number of amides is 1. The normalized spacial score (nSPS) is 11.4. The Balaban J connectivity index is 1.64. The molecule has 1 aromatic heterocycles. The van der Waals surface area contributed by atoms with Crippen LogP contribution in [0.1, 0.15) is 12.5 Å². The van der Waals surface area contributed by atoms with Gasteiger partial charge in [0.15, 0.2) is 0 Å². The smallest absolute Gasteiger partial charge is 0.416 e. The summed E-state index contributed by atoms with van der Waals surface area (Å²) in [5.74, 6) is 0.0668. The van der Waals surface area contributed by atoms with Gasteiger partial charge >= 0.3 is 6.18 Å². The number of rotatable bonds is 7. The van der Waals surface area contributed by atoms with Crippen LogP contribution < -0.4 is 10.1 Å². The molecule has 11 heteroatoms. The number of carbonyl (C=O) groups is 1. The van der Waals surface area contributed by atoms with Gasteiger partial charge in [-0.2, -0.15) is 13.2 Å². The molecule has 0 saturated heterocycles. The SMILES string of the molecule is CCOc1ccccc1-c1nnc(SCC(=O)Nc2cc(C(F)(F)F)ccc2Cl)o1. The predicted molar refractivity (Wildman–Crippen MR) is 107 cm³/mol. The number of nitrogens with zero attached hydrogens (tertiary/aromatic N) is 2. The number of anilines is 1. The van der Waals surface area contributed by atoms with Crippen molar-refractivity contribution in [2.75, 3.05) is 17.7 Å². The lowest BCUT2D eigenvalue weighted by Gasteiger charge is -2.11. The number of aromatic nitrogens is 2. The second-order valence-electron chi connectivity index (χ2n) is 5.83. The van der Waals surface area contributed by atoms with Gasteiger partial charge in [-0.15, -0.1) is 10.2 Å². The topological polar surface area (TPSA) is 77.2 Å². The zero-order valence-electron chi connectivity index (χ0n) is 15.5. The molecule has 6 nitrogen and oxygen atoms in total. The van der Waals surface area contributed by atoms with Crippen molar-refractivity contribution in [2.45, 2.75) is 18.3 Å². The lowest BCUT2D eigenvalue weighted by atomic mass is 10.2. The Hall–Kier alpha value is -2.72. The van der Waals surface area contributed by atoms with Gasteiger partial charge in [-0.3, -0.25) is 4.79 Å². The van der Waals surface area contributed by atoms with E-state index in [1.54, 1.807) is 18.2 Å². The molecule has 0 fully saturated rings. The summed E-state index contributed by atoms with van der Waals surface area (Å²) >= 11 is 6.82. The van der Waals surface area contributed by atoms with E-state index in [4.69, 9.17) is 20.8 Å². The molecule has 0 bridgehead atoms. The maximum atomic E-state index is 12.8. The first-order valence-corrected chi connectivity index (χ1v) is 9.99. The highest BCUT2D eigenvalue weighted by molar-refractivity contribution is 7.99. The van der Waals surface area contributed by atoms with Crippen molar-refractivity contribution in [3.05, 3.63) is 53.1 Å². The van der Waals surface area contributed by atoms with Crippen LogP contribution in [-0.2, 0) is 11.0 Å². The second kappa shape index (κ2) is 9.40. The molecule has 158 valence electrons. The number of thioether (sulfide) groups is 1.